The summed E-state index contributed by atoms with van der Waals surface area (Å²) in [5, 5.41) is 3.55. The normalized spacial score (nSPS) is 14.7. The monoisotopic (exact) mass is 301 g/mol. The van der Waals surface area contributed by atoms with E-state index in [4.69, 9.17) is 5.73 Å². The Bertz CT molecular complexity index is 602. The molecular weight excluding hydrogens is 282 g/mol. The van der Waals surface area contributed by atoms with E-state index in [1.54, 1.807) is 11.3 Å². The Kier molecular flexibility index (Phi) is 4.31. The number of hydrogen-bond donors (Lipinski definition) is 2. The van der Waals surface area contributed by atoms with Gasteiger partial charge in [-0.25, -0.2) is 4.98 Å². The zero-order valence-corrected chi connectivity index (χ0v) is 12.7. The summed E-state index contributed by atoms with van der Waals surface area (Å²) in [6, 6.07) is 9.59. The Morgan fingerprint density at radius 1 is 1.33 bits per heavy atom. The molecule has 1 aromatic carbocycles. The number of benzene rings is 1. The second-order valence-electron chi connectivity index (χ2n) is 5.36. The van der Waals surface area contributed by atoms with Crippen molar-refractivity contribution >= 4 is 22.4 Å². The number of fused-ring (bicyclic) bond motifs is 1. The van der Waals surface area contributed by atoms with E-state index >= 15 is 0 Å². The number of nitrogens with one attached hydrogen (secondary N) is 1. The van der Waals surface area contributed by atoms with Crippen LogP contribution in [0.2, 0.25) is 0 Å². The Morgan fingerprint density at radius 2 is 2.14 bits per heavy atom. The van der Waals surface area contributed by atoms with Gasteiger partial charge in [0, 0.05) is 4.88 Å². The molecule has 4 nitrogen and oxygen atoms in total. The zero-order chi connectivity index (χ0) is 14.7. The Hall–Kier alpha value is -1.72. The van der Waals surface area contributed by atoms with Gasteiger partial charge >= 0.3 is 0 Å². The van der Waals surface area contributed by atoms with E-state index in [9.17, 15) is 4.79 Å². The summed E-state index contributed by atoms with van der Waals surface area (Å²) >= 11 is 1.58. The number of aromatic nitrogens is 1. The largest absolute Gasteiger partial charge is 0.320 e. The summed E-state index contributed by atoms with van der Waals surface area (Å²) in [6.07, 6.45) is 4.74. The highest BCUT2D eigenvalue weighted by molar-refractivity contribution is 7.15. The molecule has 110 valence electrons. The lowest BCUT2D eigenvalue weighted by atomic mass is 10.1. The van der Waals surface area contributed by atoms with E-state index in [-0.39, 0.29) is 5.91 Å². The molecule has 1 unspecified atom stereocenters. The number of anilines is 1. The third-order valence-electron chi connectivity index (χ3n) is 3.75. The van der Waals surface area contributed by atoms with E-state index in [2.05, 4.69) is 22.4 Å². The number of nitrogens with two attached hydrogens (primary N) is 1. The highest BCUT2D eigenvalue weighted by atomic mass is 32.1. The van der Waals surface area contributed by atoms with Gasteiger partial charge in [-0.1, -0.05) is 30.3 Å². The average molecular weight is 301 g/mol. The molecule has 1 aliphatic rings. The average Bonchev–Trinajstić information content (AvgIpc) is 3.07. The number of aryl methyl sites for hydroxylation is 3. The molecule has 21 heavy (non-hydrogen) atoms. The maximum atomic E-state index is 12.1. The van der Waals surface area contributed by atoms with Gasteiger partial charge in [-0.05, 0) is 37.7 Å². The van der Waals surface area contributed by atoms with Crippen LogP contribution < -0.4 is 11.1 Å². The second kappa shape index (κ2) is 6.37. The van der Waals surface area contributed by atoms with E-state index in [0.29, 0.717) is 11.6 Å². The second-order valence-corrected chi connectivity index (χ2v) is 6.45. The van der Waals surface area contributed by atoms with Crippen LogP contribution in [-0.2, 0) is 24.1 Å². The van der Waals surface area contributed by atoms with Crippen LogP contribution in [0.25, 0.3) is 0 Å². The number of carbonyl (C=O) groups excluding carboxylic acids is 1. The molecule has 0 aliphatic heterocycles. The third-order valence-corrected chi connectivity index (χ3v) is 4.82. The van der Waals surface area contributed by atoms with E-state index in [1.165, 1.54) is 16.9 Å². The van der Waals surface area contributed by atoms with Crippen LogP contribution in [0.3, 0.4) is 0 Å². The van der Waals surface area contributed by atoms with Gasteiger partial charge < -0.3 is 11.1 Å². The van der Waals surface area contributed by atoms with Crippen molar-refractivity contribution in [3.05, 3.63) is 46.5 Å². The fourth-order valence-corrected chi connectivity index (χ4v) is 3.59. The molecule has 1 aromatic heterocycles. The molecule has 3 rings (SSSR count). The first kappa shape index (κ1) is 14.2. The van der Waals surface area contributed by atoms with E-state index < -0.39 is 6.04 Å². The van der Waals surface area contributed by atoms with Crippen molar-refractivity contribution in [1.29, 1.82) is 0 Å². The number of amides is 1. The molecule has 1 heterocycles. The van der Waals surface area contributed by atoms with Crippen molar-refractivity contribution in [3.8, 4) is 0 Å². The minimum Gasteiger partial charge on any atom is -0.320 e. The SMILES string of the molecule is NC(CCc1ccccc1)C(=O)Nc1nc2c(s1)CCC2. The van der Waals surface area contributed by atoms with Crippen LogP contribution >= 0.6 is 11.3 Å². The minimum absolute atomic E-state index is 0.140. The van der Waals surface area contributed by atoms with Crippen molar-refractivity contribution in [3.63, 3.8) is 0 Å². The van der Waals surface area contributed by atoms with Crippen LogP contribution in [0.4, 0.5) is 5.13 Å². The number of hydrogen-bond acceptors (Lipinski definition) is 4. The maximum absolute atomic E-state index is 12.1. The molecule has 0 saturated heterocycles. The smallest absolute Gasteiger partial charge is 0.243 e. The number of nitrogens with zero attached hydrogens (tertiary/aromatic N) is 1. The number of rotatable bonds is 5. The van der Waals surface area contributed by atoms with Crippen LogP contribution in [0.15, 0.2) is 30.3 Å². The molecule has 1 aliphatic carbocycles. The number of thiazole rings is 1. The molecule has 0 fully saturated rings. The molecular formula is C16H19N3OS. The van der Waals surface area contributed by atoms with Gasteiger partial charge in [-0.3, -0.25) is 4.79 Å². The third kappa shape index (κ3) is 3.49. The first-order valence-corrected chi connectivity index (χ1v) is 8.13. The maximum Gasteiger partial charge on any atom is 0.243 e. The van der Waals surface area contributed by atoms with Crippen molar-refractivity contribution in [1.82, 2.24) is 4.98 Å². The summed E-state index contributed by atoms with van der Waals surface area (Å²) in [6.45, 7) is 0. The quantitative estimate of drug-likeness (QED) is 0.891. The standard InChI is InChI=1S/C16H19N3OS/c17-12(10-9-11-5-2-1-3-6-11)15(20)19-16-18-13-7-4-8-14(13)21-16/h1-3,5-6,12H,4,7-10,17H2,(H,18,19,20). The molecule has 0 bridgehead atoms. The lowest BCUT2D eigenvalue weighted by molar-refractivity contribution is -0.117. The van der Waals surface area contributed by atoms with Crippen molar-refractivity contribution in [2.24, 2.45) is 5.73 Å². The van der Waals surface area contributed by atoms with Crippen LogP contribution in [0.1, 0.15) is 29.0 Å². The molecule has 1 atom stereocenters. The predicted octanol–water partition coefficient (Wildman–Crippen LogP) is 2.53. The van der Waals surface area contributed by atoms with Gasteiger partial charge in [-0.15, -0.1) is 11.3 Å². The van der Waals surface area contributed by atoms with Gasteiger partial charge in [0.25, 0.3) is 0 Å². The molecule has 3 N–H and O–H groups in total. The van der Waals surface area contributed by atoms with Crippen molar-refractivity contribution in [2.45, 2.75) is 38.1 Å². The van der Waals surface area contributed by atoms with Gasteiger partial charge in [0.15, 0.2) is 5.13 Å². The number of carbonyl (C=O) groups is 1. The first-order valence-electron chi connectivity index (χ1n) is 7.31. The summed E-state index contributed by atoms with van der Waals surface area (Å²) in [7, 11) is 0. The van der Waals surface area contributed by atoms with Crippen LogP contribution in [0.5, 0.6) is 0 Å². The molecule has 0 saturated carbocycles. The molecule has 0 spiro atoms. The van der Waals surface area contributed by atoms with Gasteiger partial charge in [0.1, 0.15) is 0 Å². The molecule has 5 heteroatoms. The lowest BCUT2D eigenvalue weighted by Gasteiger charge is -2.10. The van der Waals surface area contributed by atoms with Crippen molar-refractivity contribution < 1.29 is 4.79 Å². The molecule has 2 aromatic rings. The fraction of sp³-hybridized carbons (Fsp3) is 0.375. The highest BCUT2D eigenvalue weighted by Gasteiger charge is 2.19. The van der Waals surface area contributed by atoms with Crippen LogP contribution in [-0.4, -0.2) is 16.9 Å². The van der Waals surface area contributed by atoms with E-state index in [1.807, 2.05) is 18.2 Å². The highest BCUT2D eigenvalue weighted by Crippen LogP contribution is 2.30. The van der Waals surface area contributed by atoms with E-state index in [0.717, 1.165) is 25.0 Å². The first-order chi connectivity index (χ1) is 10.2. The van der Waals surface area contributed by atoms with Crippen LogP contribution in [0, 0.1) is 0 Å². The summed E-state index contributed by atoms with van der Waals surface area (Å²) in [5.74, 6) is -0.140. The summed E-state index contributed by atoms with van der Waals surface area (Å²) < 4.78 is 0. The predicted molar refractivity (Wildman–Crippen MR) is 85.5 cm³/mol. The topological polar surface area (TPSA) is 68.0 Å². The Balaban J connectivity index is 1.52. The van der Waals surface area contributed by atoms with Gasteiger partial charge in [-0.2, -0.15) is 0 Å². The van der Waals surface area contributed by atoms with Gasteiger partial charge in [0.05, 0.1) is 11.7 Å². The van der Waals surface area contributed by atoms with Crippen molar-refractivity contribution in [2.75, 3.05) is 5.32 Å². The Labute approximate surface area is 128 Å². The molecule has 0 radical (unpaired) electrons. The molecule has 1 amide bonds. The fourth-order valence-electron chi connectivity index (χ4n) is 2.54. The minimum atomic E-state index is -0.496. The lowest BCUT2D eigenvalue weighted by Crippen LogP contribution is -2.36. The zero-order valence-electron chi connectivity index (χ0n) is 11.8. The summed E-state index contributed by atoms with van der Waals surface area (Å²) in [5.41, 5.74) is 8.32. The van der Waals surface area contributed by atoms with Gasteiger partial charge in [0.2, 0.25) is 5.91 Å². The summed E-state index contributed by atoms with van der Waals surface area (Å²) in [4.78, 5) is 17.9. The Morgan fingerprint density at radius 3 is 2.90 bits per heavy atom.